The Bertz CT molecular complexity index is 612. The van der Waals surface area contributed by atoms with E-state index in [0.717, 1.165) is 0 Å². The first-order chi connectivity index (χ1) is 9.58. The van der Waals surface area contributed by atoms with E-state index in [-0.39, 0.29) is 5.91 Å². The first-order valence-electron chi connectivity index (χ1n) is 6.25. The molecule has 0 radical (unpaired) electrons. The van der Waals surface area contributed by atoms with Gasteiger partial charge in [0, 0.05) is 18.7 Å². The fourth-order valence-corrected chi connectivity index (χ4v) is 1.76. The molecule has 20 heavy (non-hydrogen) atoms. The Morgan fingerprint density at radius 3 is 2.75 bits per heavy atom. The zero-order chi connectivity index (χ0) is 14.5. The summed E-state index contributed by atoms with van der Waals surface area (Å²) in [6, 6.07) is 10.5. The minimum atomic E-state index is -0.688. The molecule has 2 aromatic rings. The molecule has 0 fully saturated rings. The zero-order valence-electron chi connectivity index (χ0n) is 11.3. The number of aliphatic hydroxyl groups is 1. The van der Waals surface area contributed by atoms with E-state index < -0.39 is 6.10 Å². The van der Waals surface area contributed by atoms with E-state index in [2.05, 4.69) is 10.3 Å². The molecule has 0 bridgehead atoms. The van der Waals surface area contributed by atoms with Crippen molar-refractivity contribution in [3.05, 3.63) is 48.2 Å². The fraction of sp³-hybridized carbons (Fsp3) is 0.200. The zero-order valence-corrected chi connectivity index (χ0v) is 11.3. The van der Waals surface area contributed by atoms with Crippen LogP contribution in [0.1, 0.15) is 25.5 Å². The van der Waals surface area contributed by atoms with Crippen LogP contribution in [0.5, 0.6) is 11.6 Å². The predicted molar refractivity (Wildman–Crippen MR) is 75.7 cm³/mol. The molecule has 5 heteroatoms. The number of carbonyl (C=O) groups excluding carboxylic acids is 1. The quantitative estimate of drug-likeness (QED) is 0.897. The van der Waals surface area contributed by atoms with Gasteiger partial charge in [0.05, 0.1) is 11.8 Å². The average molecular weight is 272 g/mol. The lowest BCUT2D eigenvalue weighted by Crippen LogP contribution is -2.07. The van der Waals surface area contributed by atoms with Gasteiger partial charge in [0.1, 0.15) is 0 Å². The molecule has 1 heterocycles. The lowest BCUT2D eigenvalue weighted by Gasteiger charge is -2.14. The predicted octanol–water partition coefficient (Wildman–Crippen LogP) is 2.89. The molecule has 0 saturated heterocycles. The highest BCUT2D eigenvalue weighted by atomic mass is 16.5. The van der Waals surface area contributed by atoms with Crippen LogP contribution in [0.25, 0.3) is 0 Å². The number of pyridine rings is 1. The second-order valence-electron chi connectivity index (χ2n) is 4.35. The first-order valence-corrected chi connectivity index (χ1v) is 6.25. The second kappa shape index (κ2) is 6.16. The standard InChI is InChI=1S/C15H16N2O3/c1-10(18)12-6-5-9-16-15(12)20-14-8-4-3-7-13(14)17-11(2)19/h3-10,18H,1-2H3,(H,17,19)/t10-/m0/s1. The molecule has 1 amide bonds. The van der Waals surface area contributed by atoms with Crippen molar-refractivity contribution in [1.82, 2.24) is 4.98 Å². The van der Waals surface area contributed by atoms with Crippen LogP contribution < -0.4 is 10.1 Å². The van der Waals surface area contributed by atoms with Gasteiger partial charge in [-0.2, -0.15) is 0 Å². The Morgan fingerprint density at radius 1 is 1.30 bits per heavy atom. The summed E-state index contributed by atoms with van der Waals surface area (Å²) >= 11 is 0. The molecule has 0 aliphatic carbocycles. The maximum atomic E-state index is 11.2. The average Bonchev–Trinajstić information content (AvgIpc) is 2.41. The highest BCUT2D eigenvalue weighted by molar-refractivity contribution is 5.90. The molecule has 0 aliphatic heterocycles. The number of aromatic nitrogens is 1. The topological polar surface area (TPSA) is 71.5 Å². The van der Waals surface area contributed by atoms with Crippen molar-refractivity contribution < 1.29 is 14.6 Å². The van der Waals surface area contributed by atoms with Gasteiger partial charge in [0.2, 0.25) is 11.8 Å². The van der Waals surface area contributed by atoms with E-state index in [1.165, 1.54) is 6.92 Å². The molecule has 1 aromatic carbocycles. The fourth-order valence-electron chi connectivity index (χ4n) is 1.76. The third-order valence-electron chi connectivity index (χ3n) is 2.66. The molecule has 0 saturated carbocycles. The van der Waals surface area contributed by atoms with Crippen molar-refractivity contribution in [3.63, 3.8) is 0 Å². The van der Waals surface area contributed by atoms with E-state index in [9.17, 15) is 9.90 Å². The van der Waals surface area contributed by atoms with Gasteiger partial charge in [-0.05, 0) is 31.2 Å². The minimum Gasteiger partial charge on any atom is -0.436 e. The third kappa shape index (κ3) is 3.33. The van der Waals surface area contributed by atoms with Crippen LogP contribution in [0.15, 0.2) is 42.6 Å². The van der Waals surface area contributed by atoms with Gasteiger partial charge in [-0.1, -0.05) is 12.1 Å². The molecule has 0 aliphatic rings. The molecule has 1 aromatic heterocycles. The van der Waals surface area contributed by atoms with Crippen molar-refractivity contribution in [2.75, 3.05) is 5.32 Å². The Labute approximate surface area is 117 Å². The minimum absolute atomic E-state index is 0.183. The Morgan fingerprint density at radius 2 is 2.05 bits per heavy atom. The van der Waals surface area contributed by atoms with Gasteiger partial charge in [-0.3, -0.25) is 4.79 Å². The van der Waals surface area contributed by atoms with Gasteiger partial charge in [0.15, 0.2) is 5.75 Å². The van der Waals surface area contributed by atoms with Gasteiger partial charge in [-0.15, -0.1) is 0 Å². The number of amides is 1. The van der Waals surface area contributed by atoms with Crippen molar-refractivity contribution in [2.45, 2.75) is 20.0 Å². The van der Waals surface area contributed by atoms with Crippen LogP contribution in [-0.4, -0.2) is 16.0 Å². The van der Waals surface area contributed by atoms with Crippen LogP contribution >= 0.6 is 0 Å². The lowest BCUT2D eigenvalue weighted by molar-refractivity contribution is -0.114. The largest absolute Gasteiger partial charge is 0.436 e. The highest BCUT2D eigenvalue weighted by Crippen LogP contribution is 2.31. The van der Waals surface area contributed by atoms with Crippen LogP contribution in [0.3, 0.4) is 0 Å². The second-order valence-corrected chi connectivity index (χ2v) is 4.35. The summed E-state index contributed by atoms with van der Waals surface area (Å²) in [5.74, 6) is 0.612. The first kappa shape index (κ1) is 14.0. The van der Waals surface area contributed by atoms with Crippen molar-refractivity contribution >= 4 is 11.6 Å². The number of para-hydroxylation sites is 2. The van der Waals surface area contributed by atoms with Crippen LogP contribution in [0.2, 0.25) is 0 Å². The van der Waals surface area contributed by atoms with E-state index in [1.807, 2.05) is 0 Å². The van der Waals surface area contributed by atoms with Gasteiger partial charge in [-0.25, -0.2) is 4.98 Å². The van der Waals surface area contributed by atoms with Crippen LogP contribution in [-0.2, 0) is 4.79 Å². The van der Waals surface area contributed by atoms with E-state index in [4.69, 9.17) is 4.74 Å². The van der Waals surface area contributed by atoms with Crippen molar-refractivity contribution in [2.24, 2.45) is 0 Å². The van der Waals surface area contributed by atoms with E-state index >= 15 is 0 Å². The van der Waals surface area contributed by atoms with E-state index in [1.54, 1.807) is 49.5 Å². The molecule has 5 nitrogen and oxygen atoms in total. The number of nitrogens with one attached hydrogen (secondary N) is 1. The number of anilines is 1. The summed E-state index contributed by atoms with van der Waals surface area (Å²) in [7, 11) is 0. The molecule has 0 spiro atoms. The maximum Gasteiger partial charge on any atom is 0.225 e. The Kier molecular flexibility index (Phi) is 4.32. The molecule has 1 atom stereocenters. The molecule has 2 N–H and O–H groups in total. The number of hydrogen-bond donors (Lipinski definition) is 2. The summed E-state index contributed by atoms with van der Waals surface area (Å²) < 4.78 is 5.72. The number of benzene rings is 1. The number of hydrogen-bond acceptors (Lipinski definition) is 4. The van der Waals surface area contributed by atoms with Crippen molar-refractivity contribution in [1.29, 1.82) is 0 Å². The number of aliphatic hydroxyl groups excluding tert-OH is 1. The normalized spacial score (nSPS) is 11.8. The number of rotatable bonds is 4. The van der Waals surface area contributed by atoms with Crippen LogP contribution in [0, 0.1) is 0 Å². The van der Waals surface area contributed by atoms with Gasteiger partial charge >= 0.3 is 0 Å². The number of nitrogens with zero attached hydrogens (tertiary/aromatic N) is 1. The summed E-state index contributed by atoms with van der Waals surface area (Å²) in [6.45, 7) is 3.07. The lowest BCUT2D eigenvalue weighted by atomic mass is 10.2. The SMILES string of the molecule is CC(=O)Nc1ccccc1Oc1ncccc1[C@H](C)O. The Balaban J connectivity index is 2.33. The van der Waals surface area contributed by atoms with Crippen molar-refractivity contribution in [3.8, 4) is 11.6 Å². The summed E-state index contributed by atoms with van der Waals surface area (Å²) in [5.41, 5.74) is 1.15. The molecule has 0 unspecified atom stereocenters. The van der Waals surface area contributed by atoms with Gasteiger partial charge in [0.25, 0.3) is 0 Å². The van der Waals surface area contributed by atoms with Crippen LogP contribution in [0.4, 0.5) is 5.69 Å². The monoisotopic (exact) mass is 272 g/mol. The summed E-state index contributed by atoms with van der Waals surface area (Å²) in [6.07, 6.45) is 0.897. The molecule has 104 valence electrons. The highest BCUT2D eigenvalue weighted by Gasteiger charge is 2.13. The summed E-state index contributed by atoms with van der Waals surface area (Å²) in [5, 5.41) is 12.4. The molecule has 2 rings (SSSR count). The molecular formula is C15H16N2O3. The van der Waals surface area contributed by atoms with E-state index in [0.29, 0.717) is 22.9 Å². The Hall–Kier alpha value is -2.40. The van der Waals surface area contributed by atoms with Gasteiger partial charge < -0.3 is 15.2 Å². The molecular weight excluding hydrogens is 256 g/mol. The smallest absolute Gasteiger partial charge is 0.225 e. The maximum absolute atomic E-state index is 11.2. The third-order valence-corrected chi connectivity index (χ3v) is 2.66. The number of carbonyl (C=O) groups is 1. The summed E-state index contributed by atoms with van der Waals surface area (Å²) in [4.78, 5) is 15.3. The number of ether oxygens (including phenoxy) is 1.